The second-order valence-electron chi connectivity index (χ2n) is 2.72. The number of rotatable bonds is 1. The van der Waals surface area contributed by atoms with Crippen molar-refractivity contribution in [3.8, 4) is 0 Å². The van der Waals surface area contributed by atoms with Gasteiger partial charge in [-0.15, -0.1) is 0 Å². The topological polar surface area (TPSA) is 50.2 Å². The lowest BCUT2D eigenvalue weighted by molar-refractivity contribution is 0.0990. The van der Waals surface area contributed by atoms with Crippen LogP contribution in [0.3, 0.4) is 0 Å². The van der Waals surface area contributed by atoms with Gasteiger partial charge in [0.15, 0.2) is 0 Å². The summed E-state index contributed by atoms with van der Waals surface area (Å²) in [6.07, 6.45) is 3.10. The molecule has 1 saturated heterocycles. The largest absolute Gasteiger partial charge is 0.381 e. The Labute approximate surface area is 61.7 Å². The van der Waals surface area contributed by atoms with Crippen LogP contribution in [0.25, 0.3) is 0 Å². The van der Waals surface area contributed by atoms with Crippen molar-refractivity contribution in [2.75, 3.05) is 19.5 Å². The summed E-state index contributed by atoms with van der Waals surface area (Å²) in [5.41, 5.74) is 0. The molecule has 3 nitrogen and oxygen atoms in total. The smallest absolute Gasteiger partial charge is 0.0477 e. The third kappa shape index (κ3) is 1.95. The summed E-state index contributed by atoms with van der Waals surface area (Å²) in [4.78, 5) is 0. The zero-order valence-electron chi connectivity index (χ0n) is 6.13. The number of hydrogen-bond acceptors (Lipinski definition) is 3. The monoisotopic (exact) mass is 163 g/mol. The van der Waals surface area contributed by atoms with Gasteiger partial charge >= 0.3 is 0 Å². The van der Waals surface area contributed by atoms with Gasteiger partial charge in [0, 0.05) is 34.4 Å². The summed E-state index contributed by atoms with van der Waals surface area (Å²) in [6.45, 7) is 1.35. The Morgan fingerprint density at radius 2 is 2.00 bits per heavy atom. The highest BCUT2D eigenvalue weighted by Gasteiger charge is 2.20. The number of ether oxygens (including phenoxy) is 1. The molecule has 0 bridgehead atoms. The summed E-state index contributed by atoms with van der Waals surface area (Å²) in [5, 5.41) is 0.0706. The first-order valence-electron chi connectivity index (χ1n) is 3.41. The second-order valence-corrected chi connectivity index (χ2v) is 5.19. The van der Waals surface area contributed by atoms with E-state index in [1.165, 1.54) is 6.26 Å². The summed E-state index contributed by atoms with van der Waals surface area (Å²) < 4.78 is 23.5. The molecule has 1 heterocycles. The molecule has 0 spiro atoms. The van der Waals surface area contributed by atoms with E-state index in [2.05, 4.69) is 0 Å². The van der Waals surface area contributed by atoms with Crippen molar-refractivity contribution in [3.05, 3.63) is 0 Å². The number of hydrogen-bond donors (Lipinski definition) is 1. The maximum absolute atomic E-state index is 11.2. The molecule has 0 radical (unpaired) electrons. The third-order valence-corrected chi connectivity index (χ3v) is 3.55. The molecular formula is C6H13NO2S. The van der Waals surface area contributed by atoms with E-state index in [0.717, 1.165) is 12.8 Å². The minimum absolute atomic E-state index is 0.0706. The molecule has 0 amide bonds. The Balaban J connectivity index is 2.56. The van der Waals surface area contributed by atoms with Crippen LogP contribution in [0, 0.1) is 4.78 Å². The van der Waals surface area contributed by atoms with Gasteiger partial charge in [-0.2, -0.15) is 0 Å². The van der Waals surface area contributed by atoms with Crippen LogP contribution < -0.4 is 0 Å². The van der Waals surface area contributed by atoms with E-state index < -0.39 is 9.73 Å². The van der Waals surface area contributed by atoms with Crippen LogP contribution in [0.15, 0.2) is 0 Å². The van der Waals surface area contributed by atoms with E-state index >= 15 is 0 Å². The molecule has 0 unspecified atom stereocenters. The lowest BCUT2D eigenvalue weighted by Crippen LogP contribution is -2.26. The SMILES string of the molecule is C[S@@](=N)(=O)C1CCOCC1. The molecule has 0 aromatic rings. The summed E-state index contributed by atoms with van der Waals surface area (Å²) in [7, 11) is -2.31. The van der Waals surface area contributed by atoms with E-state index in [-0.39, 0.29) is 5.25 Å². The zero-order valence-corrected chi connectivity index (χ0v) is 6.95. The van der Waals surface area contributed by atoms with Gasteiger partial charge in [-0.25, -0.2) is 4.21 Å². The summed E-state index contributed by atoms with van der Waals surface area (Å²) in [6, 6.07) is 0. The minimum Gasteiger partial charge on any atom is -0.381 e. The molecule has 4 heteroatoms. The molecule has 0 saturated carbocycles. The van der Waals surface area contributed by atoms with Crippen LogP contribution in [-0.2, 0) is 14.5 Å². The molecular weight excluding hydrogens is 150 g/mol. The van der Waals surface area contributed by atoms with Gasteiger partial charge in [-0.3, -0.25) is 4.78 Å². The van der Waals surface area contributed by atoms with Crippen LogP contribution in [-0.4, -0.2) is 28.9 Å². The average Bonchev–Trinajstić information content (AvgIpc) is 1.88. The normalized spacial score (nSPS) is 27.7. The standard InChI is InChI=1S/C6H13NO2S/c1-10(7,8)6-2-4-9-5-3-6/h6-7H,2-5H2,1H3/t10-/m1/s1. The molecule has 1 aliphatic rings. The Morgan fingerprint density at radius 3 is 2.30 bits per heavy atom. The Kier molecular flexibility index (Phi) is 2.31. The van der Waals surface area contributed by atoms with Gasteiger partial charge < -0.3 is 4.74 Å². The van der Waals surface area contributed by atoms with Crippen molar-refractivity contribution in [2.24, 2.45) is 0 Å². The lowest BCUT2D eigenvalue weighted by Gasteiger charge is -2.21. The molecule has 0 aromatic heterocycles. The maximum atomic E-state index is 11.2. The molecule has 10 heavy (non-hydrogen) atoms. The van der Waals surface area contributed by atoms with Crippen LogP contribution in [0.4, 0.5) is 0 Å². The van der Waals surface area contributed by atoms with E-state index in [9.17, 15) is 4.21 Å². The fraction of sp³-hybridized carbons (Fsp3) is 1.00. The molecule has 1 atom stereocenters. The Bertz CT molecular complexity index is 192. The first-order valence-corrected chi connectivity index (χ1v) is 5.44. The Morgan fingerprint density at radius 1 is 1.50 bits per heavy atom. The molecule has 0 aromatic carbocycles. The van der Waals surface area contributed by atoms with E-state index in [0.29, 0.717) is 13.2 Å². The molecule has 1 aliphatic heterocycles. The minimum atomic E-state index is -2.31. The highest BCUT2D eigenvalue weighted by atomic mass is 32.2. The van der Waals surface area contributed by atoms with Crippen molar-refractivity contribution in [1.82, 2.24) is 0 Å². The van der Waals surface area contributed by atoms with Gasteiger partial charge in [0.25, 0.3) is 0 Å². The van der Waals surface area contributed by atoms with Crippen LogP contribution in [0.1, 0.15) is 12.8 Å². The Hall–Kier alpha value is -0.0900. The van der Waals surface area contributed by atoms with Crippen molar-refractivity contribution in [1.29, 1.82) is 4.78 Å². The molecule has 1 fully saturated rings. The van der Waals surface area contributed by atoms with Crippen LogP contribution in [0.2, 0.25) is 0 Å². The van der Waals surface area contributed by atoms with Gasteiger partial charge in [0.2, 0.25) is 0 Å². The summed E-state index contributed by atoms with van der Waals surface area (Å²) in [5.74, 6) is 0. The van der Waals surface area contributed by atoms with Gasteiger partial charge in [-0.1, -0.05) is 0 Å². The first-order chi connectivity index (χ1) is 4.61. The van der Waals surface area contributed by atoms with E-state index in [1.54, 1.807) is 0 Å². The van der Waals surface area contributed by atoms with Crippen molar-refractivity contribution in [3.63, 3.8) is 0 Å². The van der Waals surface area contributed by atoms with Crippen molar-refractivity contribution >= 4 is 9.73 Å². The number of nitrogens with one attached hydrogen (secondary N) is 1. The predicted molar refractivity (Wildman–Crippen MR) is 40.6 cm³/mol. The quantitative estimate of drug-likeness (QED) is 0.622. The van der Waals surface area contributed by atoms with Crippen LogP contribution in [0.5, 0.6) is 0 Å². The lowest BCUT2D eigenvalue weighted by atomic mass is 10.2. The fourth-order valence-corrected chi connectivity index (χ4v) is 2.22. The molecule has 1 rings (SSSR count). The highest BCUT2D eigenvalue weighted by Crippen LogP contribution is 2.14. The van der Waals surface area contributed by atoms with Gasteiger partial charge in [0.1, 0.15) is 0 Å². The first kappa shape index (κ1) is 8.01. The van der Waals surface area contributed by atoms with E-state index in [1.807, 2.05) is 0 Å². The van der Waals surface area contributed by atoms with Crippen molar-refractivity contribution < 1.29 is 8.95 Å². The highest BCUT2D eigenvalue weighted by molar-refractivity contribution is 7.92. The summed E-state index contributed by atoms with van der Waals surface area (Å²) >= 11 is 0. The second kappa shape index (κ2) is 2.88. The zero-order chi connectivity index (χ0) is 7.61. The van der Waals surface area contributed by atoms with Crippen LogP contribution >= 0.6 is 0 Å². The predicted octanol–water partition coefficient (Wildman–Crippen LogP) is 0.842. The third-order valence-electron chi connectivity index (χ3n) is 1.80. The molecule has 1 N–H and O–H groups in total. The van der Waals surface area contributed by atoms with E-state index in [4.69, 9.17) is 9.52 Å². The van der Waals surface area contributed by atoms with Crippen molar-refractivity contribution in [2.45, 2.75) is 18.1 Å². The molecule has 60 valence electrons. The fourth-order valence-electron chi connectivity index (χ4n) is 1.13. The van der Waals surface area contributed by atoms with Gasteiger partial charge in [-0.05, 0) is 12.8 Å². The molecule has 0 aliphatic carbocycles. The average molecular weight is 163 g/mol. The maximum Gasteiger partial charge on any atom is 0.0477 e. The van der Waals surface area contributed by atoms with Gasteiger partial charge in [0.05, 0.1) is 0 Å².